The van der Waals surface area contributed by atoms with Crippen molar-refractivity contribution in [1.29, 1.82) is 0 Å². The molecule has 1 N–H and O–H groups in total. The van der Waals surface area contributed by atoms with Crippen molar-refractivity contribution in [2.45, 2.75) is 45.5 Å². The molecule has 109 valence electrons. The second kappa shape index (κ2) is 9.26. The average Bonchev–Trinajstić information content (AvgIpc) is 2.42. The highest BCUT2D eigenvalue weighted by Gasteiger charge is 2.40. The summed E-state index contributed by atoms with van der Waals surface area (Å²) in [5, 5.41) is 10.4. The van der Waals surface area contributed by atoms with E-state index >= 15 is 0 Å². The van der Waals surface area contributed by atoms with Gasteiger partial charge in [-0.1, -0.05) is 44.1 Å². The Balaban J connectivity index is 2.60. The molecular weight excluding hydrogens is 393 g/mol. The Morgan fingerprint density at radius 3 is 2.79 bits per heavy atom. The fourth-order valence-corrected chi connectivity index (χ4v) is 3.28. The third kappa shape index (κ3) is 5.15. The van der Waals surface area contributed by atoms with E-state index in [1.165, 1.54) is 5.57 Å². The number of rotatable bonds is 6. The first-order valence-electron chi connectivity index (χ1n) is 6.46. The van der Waals surface area contributed by atoms with Crippen LogP contribution in [-0.2, 0) is 9.39 Å². The van der Waals surface area contributed by atoms with Crippen molar-refractivity contribution in [1.82, 2.24) is 0 Å². The van der Waals surface area contributed by atoms with Gasteiger partial charge in [-0.25, -0.2) is 0 Å². The third-order valence-corrected chi connectivity index (χ3v) is 5.31. The summed E-state index contributed by atoms with van der Waals surface area (Å²) in [7, 11) is 2.11. The number of halogens is 1. The van der Waals surface area contributed by atoms with Gasteiger partial charge in [0.2, 0.25) is 0 Å². The minimum atomic E-state index is -0.328. The molecule has 3 nitrogen and oxygen atoms in total. The third-order valence-electron chi connectivity index (χ3n) is 3.74. The molecule has 1 fully saturated rings. The van der Waals surface area contributed by atoms with Crippen molar-refractivity contribution in [2.24, 2.45) is 11.8 Å². The number of thiol groups is 1. The number of ether oxygens (including phenoxy) is 1. The van der Waals surface area contributed by atoms with Crippen LogP contribution < -0.4 is 0 Å². The molecule has 0 aromatic heterocycles. The van der Waals surface area contributed by atoms with Crippen LogP contribution in [0.4, 0.5) is 0 Å². The van der Waals surface area contributed by atoms with E-state index in [1.54, 1.807) is 7.20 Å². The van der Waals surface area contributed by atoms with E-state index in [2.05, 4.69) is 55.6 Å². The molecular formula is C12H22BIO3PS. The molecule has 1 unspecified atom stereocenters. The van der Waals surface area contributed by atoms with E-state index in [0.717, 1.165) is 6.42 Å². The number of hydrogen-bond donors (Lipinski definition) is 2. The maximum atomic E-state index is 10.4. The number of aliphatic hydroxyl groups is 1. The summed E-state index contributed by atoms with van der Waals surface area (Å²) in [5.41, 5.74) is 1.17. The van der Waals surface area contributed by atoms with Crippen LogP contribution in [-0.4, -0.2) is 37.2 Å². The van der Waals surface area contributed by atoms with Gasteiger partial charge in [-0.15, -0.1) is 0 Å². The highest BCUT2D eigenvalue weighted by Crippen LogP contribution is 2.35. The van der Waals surface area contributed by atoms with Gasteiger partial charge in [0.05, 0.1) is 18.3 Å². The first-order chi connectivity index (χ1) is 9.02. The van der Waals surface area contributed by atoms with E-state index in [0.29, 0.717) is 14.3 Å². The SMILES string of the molecule is C/C(=C\I)[C@@H]1O[C@H](CCO[B]PS)[C@H](C)[C@@H](O)[C@H]1C. The van der Waals surface area contributed by atoms with Crippen LogP contribution in [0.1, 0.15) is 27.2 Å². The molecule has 1 radical (unpaired) electrons. The van der Waals surface area contributed by atoms with Crippen LogP contribution in [0, 0.1) is 11.8 Å². The average molecular weight is 415 g/mol. The standard InChI is InChI=1S/C12H22BIO3PS/c1-7(6-14)12-9(3)11(15)8(2)10(17-12)4-5-16-13-18-19/h6,8-12,15,18-19H,4-5H2,1-3H3/b7-6+/t8-,9+,10+,11+,12-/m0/s1. The van der Waals surface area contributed by atoms with Crippen LogP contribution >= 0.6 is 42.5 Å². The van der Waals surface area contributed by atoms with Gasteiger partial charge in [-0.2, -0.15) is 12.2 Å². The monoisotopic (exact) mass is 415 g/mol. The lowest BCUT2D eigenvalue weighted by molar-refractivity contribution is -0.153. The fourth-order valence-electron chi connectivity index (χ4n) is 2.51. The molecule has 7 heteroatoms. The van der Waals surface area contributed by atoms with Crippen molar-refractivity contribution in [3.63, 3.8) is 0 Å². The molecule has 0 amide bonds. The van der Waals surface area contributed by atoms with Gasteiger partial charge in [0.25, 0.3) is 0 Å². The maximum absolute atomic E-state index is 10.4. The Morgan fingerprint density at radius 2 is 2.21 bits per heavy atom. The Kier molecular flexibility index (Phi) is 8.89. The predicted molar refractivity (Wildman–Crippen MR) is 94.4 cm³/mol. The lowest BCUT2D eigenvalue weighted by Gasteiger charge is -2.43. The van der Waals surface area contributed by atoms with E-state index in [4.69, 9.17) is 9.39 Å². The van der Waals surface area contributed by atoms with Gasteiger partial charge in [0, 0.05) is 18.4 Å². The van der Waals surface area contributed by atoms with Crippen LogP contribution in [0.3, 0.4) is 0 Å². The zero-order chi connectivity index (χ0) is 14.4. The van der Waals surface area contributed by atoms with E-state index < -0.39 is 0 Å². The zero-order valence-corrected chi connectivity index (χ0v) is 15.6. The quantitative estimate of drug-likeness (QED) is 0.230. The Labute approximate surface area is 137 Å². The molecule has 0 saturated carbocycles. The summed E-state index contributed by atoms with van der Waals surface area (Å²) in [6.07, 6.45) is 0.513. The molecule has 0 bridgehead atoms. The lowest BCUT2D eigenvalue weighted by atomic mass is 9.80. The predicted octanol–water partition coefficient (Wildman–Crippen LogP) is 3.19. The zero-order valence-electron chi connectivity index (χ0n) is 11.5. The number of aliphatic hydroxyl groups excluding tert-OH is 1. The minimum absolute atomic E-state index is 0.00355. The summed E-state index contributed by atoms with van der Waals surface area (Å²) < 4.78 is 13.6. The van der Waals surface area contributed by atoms with Gasteiger partial charge in [0.1, 0.15) is 0 Å². The van der Waals surface area contributed by atoms with Gasteiger partial charge in [-0.3, -0.25) is 0 Å². The van der Waals surface area contributed by atoms with Crippen molar-refractivity contribution < 1.29 is 14.5 Å². The van der Waals surface area contributed by atoms with Crippen molar-refractivity contribution >= 4 is 49.7 Å². The molecule has 0 aliphatic carbocycles. The first kappa shape index (κ1) is 18.2. The van der Waals surface area contributed by atoms with Crippen molar-refractivity contribution in [3.05, 3.63) is 9.66 Å². The van der Waals surface area contributed by atoms with Crippen LogP contribution in [0.25, 0.3) is 0 Å². The maximum Gasteiger partial charge on any atom is 0.332 e. The Bertz CT molecular complexity index is 309. The molecule has 1 heterocycles. The van der Waals surface area contributed by atoms with Crippen LogP contribution in [0.5, 0.6) is 0 Å². The van der Waals surface area contributed by atoms with Gasteiger partial charge in [0.15, 0.2) is 0 Å². The van der Waals surface area contributed by atoms with Crippen LogP contribution in [0.15, 0.2) is 9.66 Å². The molecule has 1 saturated heterocycles. The summed E-state index contributed by atoms with van der Waals surface area (Å²) >= 11 is 6.31. The fraction of sp³-hybridized carbons (Fsp3) is 0.833. The highest BCUT2D eigenvalue weighted by atomic mass is 127. The minimum Gasteiger partial charge on any atom is -0.434 e. The molecule has 1 aliphatic rings. The Hall–Kier alpha value is 1.19. The first-order valence-corrected chi connectivity index (χ1v) is 10.1. The van der Waals surface area contributed by atoms with Crippen LogP contribution in [0.2, 0.25) is 0 Å². The summed E-state index contributed by atoms with van der Waals surface area (Å²) in [5.74, 6) is 0.263. The molecule has 1 rings (SSSR count). The van der Waals surface area contributed by atoms with Gasteiger partial charge < -0.3 is 14.5 Å². The van der Waals surface area contributed by atoms with E-state index in [9.17, 15) is 5.11 Å². The molecule has 6 atom stereocenters. The molecule has 19 heavy (non-hydrogen) atoms. The molecule has 0 aromatic rings. The highest BCUT2D eigenvalue weighted by molar-refractivity contribution is 14.1. The second-order valence-corrected chi connectivity index (χ2v) is 6.95. The molecule has 0 aromatic carbocycles. The summed E-state index contributed by atoms with van der Waals surface area (Å²) in [6.45, 7) is 6.77. The summed E-state index contributed by atoms with van der Waals surface area (Å²) in [4.78, 5) is 0. The normalized spacial score (nSPS) is 36.9. The van der Waals surface area contributed by atoms with E-state index in [1.807, 2.05) is 4.08 Å². The van der Waals surface area contributed by atoms with Crippen molar-refractivity contribution in [2.75, 3.05) is 6.61 Å². The lowest BCUT2D eigenvalue weighted by Crippen LogP contribution is -2.49. The largest absolute Gasteiger partial charge is 0.434 e. The molecule has 0 spiro atoms. The van der Waals surface area contributed by atoms with Gasteiger partial charge in [-0.05, 0) is 23.0 Å². The van der Waals surface area contributed by atoms with Crippen molar-refractivity contribution in [3.8, 4) is 0 Å². The summed E-state index contributed by atoms with van der Waals surface area (Å²) in [6, 6.07) is 0. The second-order valence-electron chi connectivity index (χ2n) is 5.06. The van der Waals surface area contributed by atoms with E-state index in [-0.39, 0.29) is 30.1 Å². The topological polar surface area (TPSA) is 38.7 Å². The Morgan fingerprint density at radius 1 is 1.53 bits per heavy atom. The smallest absolute Gasteiger partial charge is 0.332 e. The molecule has 1 aliphatic heterocycles. The van der Waals surface area contributed by atoms with Gasteiger partial charge >= 0.3 is 7.20 Å². The number of hydrogen-bond acceptors (Lipinski definition) is 4.